The van der Waals surface area contributed by atoms with Crippen molar-refractivity contribution < 1.29 is 9.72 Å². The number of nitro groups is 1. The molecule has 2 aromatic rings. The second kappa shape index (κ2) is 5.27. The van der Waals surface area contributed by atoms with E-state index in [2.05, 4.69) is 11.4 Å². The van der Waals surface area contributed by atoms with Crippen LogP contribution in [0.2, 0.25) is 0 Å². The number of aryl methyl sites for hydroxylation is 1. The van der Waals surface area contributed by atoms with Gasteiger partial charge in [0.25, 0.3) is 5.91 Å². The molecule has 3 rings (SSSR count). The summed E-state index contributed by atoms with van der Waals surface area (Å²) in [5, 5.41) is 24.5. The molecule has 0 saturated heterocycles. The van der Waals surface area contributed by atoms with Crippen LogP contribution >= 0.6 is 22.7 Å². The molecule has 0 saturated carbocycles. The number of anilines is 1. The monoisotopic (exact) mass is 319 g/mol. The summed E-state index contributed by atoms with van der Waals surface area (Å²) in [6, 6.07) is 3.39. The molecule has 0 atom stereocenters. The molecule has 1 amide bonds. The van der Waals surface area contributed by atoms with Gasteiger partial charge in [0, 0.05) is 16.3 Å². The third-order valence-corrected chi connectivity index (χ3v) is 5.38. The number of carbonyl (C=O) groups excluding carboxylic acids is 1. The summed E-state index contributed by atoms with van der Waals surface area (Å²) < 4.78 is 0. The third kappa shape index (κ3) is 2.41. The second-order valence-corrected chi connectivity index (χ2v) is 6.55. The van der Waals surface area contributed by atoms with Crippen molar-refractivity contribution in [1.82, 2.24) is 0 Å². The number of carbonyl (C=O) groups is 1. The van der Waals surface area contributed by atoms with Gasteiger partial charge >= 0.3 is 5.00 Å². The van der Waals surface area contributed by atoms with E-state index in [1.165, 1.54) is 22.8 Å². The Hall–Kier alpha value is -2.24. The van der Waals surface area contributed by atoms with Crippen molar-refractivity contribution in [2.75, 3.05) is 5.32 Å². The number of thiophene rings is 2. The van der Waals surface area contributed by atoms with Gasteiger partial charge in [-0.3, -0.25) is 14.9 Å². The lowest BCUT2D eigenvalue weighted by Gasteiger charge is -2.01. The summed E-state index contributed by atoms with van der Waals surface area (Å²) in [5.41, 5.74) is 1.81. The molecular formula is C13H9N3O3S2. The molecule has 0 spiro atoms. The summed E-state index contributed by atoms with van der Waals surface area (Å²) in [6.45, 7) is 0. The lowest BCUT2D eigenvalue weighted by molar-refractivity contribution is -0.380. The first-order valence-electron chi connectivity index (χ1n) is 6.19. The first kappa shape index (κ1) is 13.7. The Bertz CT molecular complexity index is 785. The first-order chi connectivity index (χ1) is 10.1. The summed E-state index contributed by atoms with van der Waals surface area (Å²) >= 11 is 2.33. The molecule has 0 radical (unpaired) electrons. The maximum Gasteiger partial charge on any atom is 0.324 e. The highest BCUT2D eigenvalue weighted by atomic mass is 32.1. The summed E-state index contributed by atoms with van der Waals surface area (Å²) in [5.74, 6) is -0.421. The van der Waals surface area contributed by atoms with E-state index in [1.807, 2.05) is 0 Å². The van der Waals surface area contributed by atoms with Gasteiger partial charge < -0.3 is 5.32 Å². The van der Waals surface area contributed by atoms with Gasteiger partial charge in [-0.15, -0.1) is 11.3 Å². The van der Waals surface area contributed by atoms with Crippen LogP contribution < -0.4 is 5.32 Å². The minimum atomic E-state index is -0.526. The fraction of sp³-hybridized carbons (Fsp3) is 0.231. The first-order valence-corrected chi connectivity index (χ1v) is 7.88. The highest BCUT2D eigenvalue weighted by molar-refractivity contribution is 7.16. The van der Waals surface area contributed by atoms with Gasteiger partial charge in [-0.1, -0.05) is 11.3 Å². The number of nitrogens with zero attached hydrogens (tertiary/aromatic N) is 2. The molecular weight excluding hydrogens is 310 g/mol. The van der Waals surface area contributed by atoms with Crippen LogP contribution in [0, 0.1) is 21.4 Å². The van der Waals surface area contributed by atoms with E-state index < -0.39 is 10.8 Å². The van der Waals surface area contributed by atoms with E-state index in [-0.39, 0.29) is 10.6 Å². The Morgan fingerprint density at radius 2 is 2.29 bits per heavy atom. The molecule has 1 aliphatic rings. The second-order valence-electron chi connectivity index (χ2n) is 4.56. The van der Waals surface area contributed by atoms with E-state index in [4.69, 9.17) is 0 Å². The number of amides is 1. The number of rotatable bonds is 3. The van der Waals surface area contributed by atoms with E-state index in [0.29, 0.717) is 10.6 Å². The largest absolute Gasteiger partial charge is 0.324 e. The van der Waals surface area contributed by atoms with Crippen LogP contribution in [0.4, 0.5) is 10.0 Å². The standard InChI is InChI=1S/C13H9N3O3S2/c14-5-9-8-2-1-3-10(8)21-13(9)15-12(17)7-4-11(16(18)19)20-6-7/h4,6H,1-3H2,(H,15,17). The number of hydrogen-bond acceptors (Lipinski definition) is 6. The minimum Gasteiger partial charge on any atom is -0.312 e. The van der Waals surface area contributed by atoms with Crippen LogP contribution in [0.5, 0.6) is 0 Å². The van der Waals surface area contributed by atoms with Crippen LogP contribution in [-0.4, -0.2) is 10.8 Å². The molecule has 0 aliphatic heterocycles. The minimum absolute atomic E-state index is 0.0747. The quantitative estimate of drug-likeness (QED) is 0.693. The lowest BCUT2D eigenvalue weighted by atomic mass is 10.1. The predicted molar refractivity (Wildman–Crippen MR) is 80.0 cm³/mol. The SMILES string of the molecule is N#Cc1c(NC(=O)c2csc([N+](=O)[O-])c2)sc2c1CCC2. The smallest absolute Gasteiger partial charge is 0.312 e. The van der Waals surface area contributed by atoms with E-state index in [0.717, 1.165) is 41.0 Å². The molecule has 6 nitrogen and oxygen atoms in total. The van der Waals surface area contributed by atoms with Crippen molar-refractivity contribution in [3.05, 3.63) is 43.1 Å². The van der Waals surface area contributed by atoms with Gasteiger partial charge in [0.2, 0.25) is 0 Å². The number of nitrogens with one attached hydrogen (secondary N) is 1. The zero-order valence-electron chi connectivity index (χ0n) is 10.7. The van der Waals surface area contributed by atoms with Crippen molar-refractivity contribution in [2.24, 2.45) is 0 Å². The maximum atomic E-state index is 12.1. The van der Waals surface area contributed by atoms with Crippen LogP contribution in [0.15, 0.2) is 11.4 Å². The van der Waals surface area contributed by atoms with Crippen molar-refractivity contribution in [2.45, 2.75) is 19.3 Å². The molecule has 0 fully saturated rings. The fourth-order valence-electron chi connectivity index (χ4n) is 2.33. The van der Waals surface area contributed by atoms with Crippen molar-refractivity contribution in [3.8, 4) is 6.07 Å². The van der Waals surface area contributed by atoms with Crippen molar-refractivity contribution in [3.63, 3.8) is 0 Å². The lowest BCUT2D eigenvalue weighted by Crippen LogP contribution is -2.10. The Balaban J connectivity index is 1.85. The third-order valence-electron chi connectivity index (χ3n) is 3.29. The van der Waals surface area contributed by atoms with Crippen molar-refractivity contribution in [1.29, 1.82) is 5.26 Å². The summed E-state index contributed by atoms with van der Waals surface area (Å²) in [6.07, 6.45) is 2.85. The average molecular weight is 319 g/mol. The Kier molecular flexibility index (Phi) is 3.45. The molecule has 0 aromatic carbocycles. The molecule has 106 valence electrons. The molecule has 1 N–H and O–H groups in total. The van der Waals surface area contributed by atoms with Gasteiger partial charge in [0.15, 0.2) is 0 Å². The molecule has 1 aliphatic carbocycles. The van der Waals surface area contributed by atoms with Gasteiger partial charge in [-0.25, -0.2) is 0 Å². The highest BCUT2D eigenvalue weighted by Gasteiger charge is 2.24. The van der Waals surface area contributed by atoms with Gasteiger partial charge in [0.05, 0.1) is 16.1 Å². The van der Waals surface area contributed by atoms with Crippen LogP contribution in [0.25, 0.3) is 0 Å². The molecule has 21 heavy (non-hydrogen) atoms. The highest BCUT2D eigenvalue weighted by Crippen LogP contribution is 2.38. The van der Waals surface area contributed by atoms with Crippen molar-refractivity contribution >= 4 is 38.6 Å². The molecule has 8 heteroatoms. The van der Waals surface area contributed by atoms with Gasteiger partial charge in [0.1, 0.15) is 11.1 Å². The van der Waals surface area contributed by atoms with Gasteiger partial charge in [-0.2, -0.15) is 5.26 Å². The Labute approximate surface area is 127 Å². The number of hydrogen-bond donors (Lipinski definition) is 1. The van der Waals surface area contributed by atoms with E-state index in [9.17, 15) is 20.2 Å². The number of nitriles is 1. The zero-order valence-corrected chi connectivity index (χ0v) is 12.3. The normalized spacial score (nSPS) is 12.7. The van der Waals surface area contributed by atoms with E-state index >= 15 is 0 Å². The number of fused-ring (bicyclic) bond motifs is 1. The van der Waals surface area contributed by atoms with Gasteiger partial charge in [-0.05, 0) is 24.8 Å². The summed E-state index contributed by atoms with van der Waals surface area (Å²) in [7, 11) is 0. The predicted octanol–water partition coefficient (Wildman–Crippen LogP) is 3.33. The molecule has 2 aromatic heterocycles. The topological polar surface area (TPSA) is 96.0 Å². The molecule has 0 bridgehead atoms. The van der Waals surface area contributed by atoms with Crippen LogP contribution in [-0.2, 0) is 12.8 Å². The maximum absolute atomic E-state index is 12.1. The molecule has 0 unspecified atom stereocenters. The van der Waals surface area contributed by atoms with E-state index in [1.54, 1.807) is 0 Å². The average Bonchev–Trinajstić information content (AvgIpc) is 3.13. The molecule has 2 heterocycles. The van der Waals surface area contributed by atoms with Crippen LogP contribution in [0.3, 0.4) is 0 Å². The Morgan fingerprint density at radius 3 is 2.95 bits per heavy atom. The summed E-state index contributed by atoms with van der Waals surface area (Å²) in [4.78, 5) is 23.4. The van der Waals surface area contributed by atoms with Crippen LogP contribution in [0.1, 0.15) is 32.8 Å². The fourth-order valence-corrected chi connectivity index (χ4v) is 4.26. The Morgan fingerprint density at radius 1 is 1.48 bits per heavy atom. The zero-order chi connectivity index (χ0) is 15.0.